The number of halogens is 1. The average molecular weight is 242 g/mol. The van der Waals surface area contributed by atoms with E-state index in [0.717, 1.165) is 5.56 Å². The molecule has 1 aromatic rings. The van der Waals surface area contributed by atoms with E-state index in [0.29, 0.717) is 24.4 Å². The molecule has 0 aliphatic rings. The second-order valence-corrected chi connectivity index (χ2v) is 4.23. The minimum atomic E-state index is -0.383. The maximum Gasteiger partial charge on any atom is 0.224 e. The molecular formula is C12H16ClNO2. The van der Waals surface area contributed by atoms with E-state index in [1.807, 2.05) is 12.1 Å². The molecule has 0 fully saturated rings. The minimum Gasteiger partial charge on any atom is -0.393 e. The van der Waals surface area contributed by atoms with E-state index in [9.17, 15) is 4.79 Å². The Morgan fingerprint density at radius 3 is 2.94 bits per heavy atom. The van der Waals surface area contributed by atoms with Crippen LogP contribution in [0.4, 0.5) is 0 Å². The van der Waals surface area contributed by atoms with Gasteiger partial charge in [0.05, 0.1) is 12.5 Å². The highest BCUT2D eigenvalue weighted by Gasteiger charge is 2.03. The van der Waals surface area contributed by atoms with Gasteiger partial charge in [0.25, 0.3) is 0 Å². The van der Waals surface area contributed by atoms with Crippen LogP contribution in [-0.2, 0) is 11.2 Å². The van der Waals surface area contributed by atoms with E-state index in [2.05, 4.69) is 5.32 Å². The van der Waals surface area contributed by atoms with E-state index in [4.69, 9.17) is 16.7 Å². The van der Waals surface area contributed by atoms with Gasteiger partial charge in [-0.15, -0.1) is 0 Å². The van der Waals surface area contributed by atoms with Crippen molar-refractivity contribution < 1.29 is 9.90 Å². The maximum absolute atomic E-state index is 11.5. The smallest absolute Gasteiger partial charge is 0.224 e. The van der Waals surface area contributed by atoms with Crippen LogP contribution < -0.4 is 5.32 Å². The summed E-state index contributed by atoms with van der Waals surface area (Å²) in [6.45, 7) is 2.19. The second-order valence-electron chi connectivity index (χ2n) is 3.79. The Labute approximate surface area is 100 Å². The Bertz CT molecular complexity index is 353. The average Bonchev–Trinajstić information content (AvgIpc) is 2.16. The number of hydrogen-bond acceptors (Lipinski definition) is 2. The molecule has 1 aromatic carbocycles. The molecule has 3 nitrogen and oxygen atoms in total. The quantitative estimate of drug-likeness (QED) is 0.826. The second kappa shape index (κ2) is 6.51. The molecule has 1 unspecified atom stereocenters. The number of amides is 1. The maximum atomic E-state index is 11.5. The van der Waals surface area contributed by atoms with E-state index in [1.165, 1.54) is 0 Å². The topological polar surface area (TPSA) is 49.3 Å². The van der Waals surface area contributed by atoms with Gasteiger partial charge >= 0.3 is 0 Å². The van der Waals surface area contributed by atoms with Crippen molar-refractivity contribution in [3.05, 3.63) is 34.9 Å². The fourth-order valence-electron chi connectivity index (χ4n) is 1.32. The molecule has 16 heavy (non-hydrogen) atoms. The van der Waals surface area contributed by atoms with Gasteiger partial charge in [-0.3, -0.25) is 4.79 Å². The van der Waals surface area contributed by atoms with Crippen molar-refractivity contribution in [2.75, 3.05) is 6.54 Å². The molecule has 88 valence electrons. The largest absolute Gasteiger partial charge is 0.393 e. The van der Waals surface area contributed by atoms with Crippen LogP contribution in [0.5, 0.6) is 0 Å². The zero-order valence-corrected chi connectivity index (χ0v) is 10.00. The highest BCUT2D eigenvalue weighted by molar-refractivity contribution is 6.30. The van der Waals surface area contributed by atoms with Gasteiger partial charge in [-0.2, -0.15) is 0 Å². The van der Waals surface area contributed by atoms with Crippen molar-refractivity contribution in [2.45, 2.75) is 25.9 Å². The molecule has 0 saturated carbocycles. The number of carbonyl (C=O) groups is 1. The Hall–Kier alpha value is -1.06. The number of nitrogens with one attached hydrogen (secondary N) is 1. The first-order valence-corrected chi connectivity index (χ1v) is 5.65. The van der Waals surface area contributed by atoms with Gasteiger partial charge in [0.1, 0.15) is 0 Å². The number of aliphatic hydroxyl groups excluding tert-OH is 1. The van der Waals surface area contributed by atoms with Crippen molar-refractivity contribution in [2.24, 2.45) is 0 Å². The fourth-order valence-corrected chi connectivity index (χ4v) is 1.53. The first-order valence-electron chi connectivity index (χ1n) is 5.27. The molecule has 1 amide bonds. The fraction of sp³-hybridized carbons (Fsp3) is 0.417. The number of hydrogen-bond donors (Lipinski definition) is 2. The zero-order valence-electron chi connectivity index (χ0n) is 9.24. The molecule has 0 bridgehead atoms. The van der Waals surface area contributed by atoms with Gasteiger partial charge < -0.3 is 10.4 Å². The number of rotatable bonds is 5. The summed E-state index contributed by atoms with van der Waals surface area (Å²) in [5.41, 5.74) is 0.891. The minimum absolute atomic E-state index is 0.0529. The predicted molar refractivity (Wildman–Crippen MR) is 64.5 cm³/mol. The molecule has 0 heterocycles. The Morgan fingerprint density at radius 2 is 2.31 bits per heavy atom. The first-order chi connectivity index (χ1) is 7.58. The molecule has 2 N–H and O–H groups in total. The van der Waals surface area contributed by atoms with E-state index < -0.39 is 0 Å². The third kappa shape index (κ3) is 5.14. The van der Waals surface area contributed by atoms with Crippen LogP contribution in [0.1, 0.15) is 18.9 Å². The summed E-state index contributed by atoms with van der Waals surface area (Å²) in [5.74, 6) is -0.0529. The van der Waals surface area contributed by atoms with Gasteiger partial charge in [0, 0.05) is 11.6 Å². The Kier molecular flexibility index (Phi) is 5.29. The molecule has 0 saturated heterocycles. The van der Waals surface area contributed by atoms with Crippen LogP contribution in [0.15, 0.2) is 24.3 Å². The van der Waals surface area contributed by atoms with Gasteiger partial charge in [0.2, 0.25) is 5.91 Å². The standard InChI is InChI=1S/C12H16ClNO2/c1-9(15)5-6-14-12(16)8-10-3-2-4-11(13)7-10/h2-4,7,9,15H,5-6,8H2,1H3,(H,14,16). The van der Waals surface area contributed by atoms with E-state index in [-0.39, 0.29) is 12.0 Å². The molecule has 4 heteroatoms. The highest BCUT2D eigenvalue weighted by atomic mass is 35.5. The number of carbonyl (C=O) groups excluding carboxylic acids is 1. The van der Waals surface area contributed by atoms with Gasteiger partial charge in [-0.25, -0.2) is 0 Å². The van der Waals surface area contributed by atoms with Gasteiger partial charge in [0.15, 0.2) is 0 Å². The summed E-state index contributed by atoms with van der Waals surface area (Å²) in [5, 5.41) is 12.4. The molecule has 1 rings (SSSR count). The van der Waals surface area contributed by atoms with Crippen LogP contribution >= 0.6 is 11.6 Å². The predicted octanol–water partition coefficient (Wildman–Crippen LogP) is 1.77. The lowest BCUT2D eigenvalue weighted by atomic mass is 10.1. The van der Waals surface area contributed by atoms with Crippen molar-refractivity contribution in [1.29, 1.82) is 0 Å². The molecule has 1 atom stereocenters. The zero-order chi connectivity index (χ0) is 12.0. The van der Waals surface area contributed by atoms with Crippen LogP contribution in [-0.4, -0.2) is 23.7 Å². The van der Waals surface area contributed by atoms with Crippen LogP contribution in [0.25, 0.3) is 0 Å². The van der Waals surface area contributed by atoms with Crippen LogP contribution in [0, 0.1) is 0 Å². The third-order valence-corrected chi connectivity index (χ3v) is 2.37. The summed E-state index contributed by atoms with van der Waals surface area (Å²) in [4.78, 5) is 11.5. The van der Waals surface area contributed by atoms with Gasteiger partial charge in [-0.05, 0) is 31.0 Å². The molecule has 0 aliphatic carbocycles. The highest BCUT2D eigenvalue weighted by Crippen LogP contribution is 2.10. The van der Waals surface area contributed by atoms with Crippen molar-refractivity contribution >= 4 is 17.5 Å². The summed E-state index contributed by atoms with van der Waals surface area (Å²) in [6.07, 6.45) is 0.508. The third-order valence-electron chi connectivity index (χ3n) is 2.14. The summed E-state index contributed by atoms with van der Waals surface area (Å²) < 4.78 is 0. The lowest BCUT2D eigenvalue weighted by Gasteiger charge is -2.06. The first kappa shape index (κ1) is 13.0. The van der Waals surface area contributed by atoms with E-state index in [1.54, 1.807) is 19.1 Å². The van der Waals surface area contributed by atoms with Crippen LogP contribution in [0.2, 0.25) is 5.02 Å². The number of aliphatic hydroxyl groups is 1. The molecule has 0 aromatic heterocycles. The van der Waals surface area contributed by atoms with Gasteiger partial charge in [-0.1, -0.05) is 23.7 Å². The molecule has 0 radical (unpaired) electrons. The van der Waals surface area contributed by atoms with Crippen molar-refractivity contribution in [1.82, 2.24) is 5.32 Å². The Balaban J connectivity index is 2.34. The monoisotopic (exact) mass is 241 g/mol. The van der Waals surface area contributed by atoms with Crippen molar-refractivity contribution in [3.63, 3.8) is 0 Å². The summed E-state index contributed by atoms with van der Waals surface area (Å²) >= 11 is 5.81. The molecular weight excluding hydrogens is 226 g/mol. The SMILES string of the molecule is CC(O)CCNC(=O)Cc1cccc(Cl)c1. The summed E-state index contributed by atoms with van der Waals surface area (Å²) in [6, 6.07) is 7.23. The van der Waals surface area contributed by atoms with Crippen LogP contribution in [0.3, 0.4) is 0 Å². The van der Waals surface area contributed by atoms with Crippen molar-refractivity contribution in [3.8, 4) is 0 Å². The summed E-state index contributed by atoms with van der Waals surface area (Å²) in [7, 11) is 0. The normalized spacial score (nSPS) is 12.2. The lowest BCUT2D eigenvalue weighted by molar-refractivity contribution is -0.120. The number of benzene rings is 1. The van der Waals surface area contributed by atoms with E-state index >= 15 is 0 Å². The molecule has 0 aliphatic heterocycles. The molecule has 0 spiro atoms. The Morgan fingerprint density at radius 1 is 1.56 bits per heavy atom. The lowest BCUT2D eigenvalue weighted by Crippen LogP contribution is -2.27.